The number of rotatable bonds is 11. The number of nitro groups is 2. The second-order valence-corrected chi connectivity index (χ2v) is 9.56. The second kappa shape index (κ2) is 17.8. The van der Waals surface area contributed by atoms with Crippen LogP contribution in [-0.2, 0) is 6.61 Å². The highest BCUT2D eigenvalue weighted by Crippen LogP contribution is 2.26. The minimum absolute atomic E-state index is 0.0273. The Morgan fingerprint density at radius 1 is 0.766 bits per heavy atom. The summed E-state index contributed by atoms with van der Waals surface area (Å²) in [6.07, 6.45) is 1.61. The Morgan fingerprint density at radius 2 is 1.28 bits per heavy atom. The number of phenolic OH excluding ortho intramolecular Hbond substituents is 2. The Bertz CT molecular complexity index is 1770. The molecule has 0 unspecified atom stereocenters. The first-order chi connectivity index (χ1) is 22.3. The van der Waals surface area contributed by atoms with Crippen LogP contribution < -0.4 is 10.5 Å². The van der Waals surface area contributed by atoms with E-state index >= 15 is 0 Å². The van der Waals surface area contributed by atoms with Gasteiger partial charge in [-0.1, -0.05) is 50.8 Å². The number of hydrogen-bond donors (Lipinski definition) is 3. The maximum Gasteiger partial charge on any atom is 0.280 e. The highest BCUT2D eigenvalue weighted by molar-refractivity contribution is 6.07. The van der Waals surface area contributed by atoms with Crippen LogP contribution in [0.5, 0.6) is 17.2 Å². The third kappa shape index (κ3) is 10.9. The maximum atomic E-state index is 11.7. The van der Waals surface area contributed by atoms with Gasteiger partial charge in [0.2, 0.25) is 0 Å². The number of carbonyl (C=O) groups is 3. The van der Waals surface area contributed by atoms with Gasteiger partial charge in [0.15, 0.2) is 17.3 Å². The van der Waals surface area contributed by atoms with Crippen LogP contribution in [0, 0.1) is 20.2 Å². The number of carbonyl (C=O) groups excluding carboxylic acids is 3. The Labute approximate surface area is 269 Å². The highest BCUT2D eigenvalue weighted by Gasteiger charge is 2.20. The van der Waals surface area contributed by atoms with Crippen molar-refractivity contribution in [1.82, 2.24) is 0 Å². The van der Waals surface area contributed by atoms with Crippen LogP contribution in [0.2, 0.25) is 0 Å². The van der Waals surface area contributed by atoms with Crippen LogP contribution in [-0.4, -0.2) is 37.4 Å². The zero-order valence-corrected chi connectivity index (χ0v) is 25.6. The lowest BCUT2D eigenvalue weighted by Gasteiger charge is -2.07. The molecule has 0 radical (unpaired) electrons. The van der Waals surface area contributed by atoms with Crippen molar-refractivity contribution in [1.29, 1.82) is 0 Å². The third-order valence-corrected chi connectivity index (χ3v) is 6.32. The van der Waals surface area contributed by atoms with Crippen LogP contribution in [0.15, 0.2) is 97.6 Å². The number of nitrogens with two attached hydrogens (primary N) is 1. The van der Waals surface area contributed by atoms with E-state index in [2.05, 4.69) is 6.58 Å². The van der Waals surface area contributed by atoms with E-state index in [0.717, 1.165) is 23.8 Å². The van der Waals surface area contributed by atoms with Gasteiger partial charge in [-0.15, -0.1) is 0 Å². The number of anilines is 1. The van der Waals surface area contributed by atoms with E-state index in [1.165, 1.54) is 42.5 Å². The SMILES string of the molecule is C=CC(=O)c1cc(OCc2ccccc2)ccc1[N+](=O)[O-].CCC(=O)c1cc(O)ccc1N.CCC(=O)c1cc(O)ccc1[N+](=O)[O-]. The van der Waals surface area contributed by atoms with Crippen molar-refractivity contribution >= 4 is 34.4 Å². The zero-order chi connectivity index (χ0) is 35.1. The maximum absolute atomic E-state index is 11.7. The Kier molecular flexibility index (Phi) is 13.9. The summed E-state index contributed by atoms with van der Waals surface area (Å²) < 4.78 is 5.55. The minimum atomic E-state index is -0.637. The number of nitrogens with zero attached hydrogens (tertiary/aromatic N) is 2. The van der Waals surface area contributed by atoms with Crippen molar-refractivity contribution < 1.29 is 39.2 Å². The normalized spacial score (nSPS) is 9.83. The summed E-state index contributed by atoms with van der Waals surface area (Å²) in [7, 11) is 0. The number of nitro benzene ring substituents is 2. The van der Waals surface area contributed by atoms with E-state index in [4.69, 9.17) is 20.7 Å². The van der Waals surface area contributed by atoms with Crippen molar-refractivity contribution in [3.05, 3.63) is 140 Å². The lowest BCUT2D eigenvalue weighted by Crippen LogP contribution is -2.02. The summed E-state index contributed by atoms with van der Waals surface area (Å²) in [6.45, 7) is 7.03. The van der Waals surface area contributed by atoms with Crippen LogP contribution in [0.25, 0.3) is 0 Å². The van der Waals surface area contributed by atoms with E-state index in [1.807, 2.05) is 30.3 Å². The number of hydrogen-bond acceptors (Lipinski definition) is 11. The number of Topliss-reactive ketones (excluding diaryl/α,β-unsaturated/α-hetero) is 2. The number of ether oxygens (including phenoxy) is 1. The zero-order valence-electron chi connectivity index (χ0n) is 25.6. The Morgan fingerprint density at radius 3 is 1.83 bits per heavy atom. The van der Waals surface area contributed by atoms with E-state index < -0.39 is 15.6 Å². The van der Waals surface area contributed by atoms with Gasteiger partial charge >= 0.3 is 0 Å². The largest absolute Gasteiger partial charge is 0.508 e. The summed E-state index contributed by atoms with van der Waals surface area (Å²) in [4.78, 5) is 54.4. The first kappa shape index (κ1) is 36.8. The van der Waals surface area contributed by atoms with E-state index in [1.54, 1.807) is 13.8 Å². The second-order valence-electron chi connectivity index (χ2n) is 9.56. The van der Waals surface area contributed by atoms with Gasteiger partial charge in [-0.2, -0.15) is 0 Å². The molecule has 0 amide bonds. The quantitative estimate of drug-likeness (QED) is 0.0377. The predicted octanol–water partition coefficient (Wildman–Crippen LogP) is 7.00. The summed E-state index contributed by atoms with van der Waals surface area (Å²) in [5.41, 5.74) is 6.72. The molecule has 0 aliphatic rings. The number of benzene rings is 4. The van der Waals surface area contributed by atoms with Crippen LogP contribution >= 0.6 is 0 Å². The molecule has 4 N–H and O–H groups in total. The van der Waals surface area contributed by atoms with E-state index in [0.29, 0.717) is 30.0 Å². The summed E-state index contributed by atoms with van der Waals surface area (Å²) in [5.74, 6) is -0.592. The average Bonchev–Trinajstić information content (AvgIpc) is 3.07. The van der Waals surface area contributed by atoms with Crippen molar-refractivity contribution in [3.8, 4) is 17.2 Å². The first-order valence-corrected chi connectivity index (χ1v) is 14.1. The van der Waals surface area contributed by atoms with Gasteiger partial charge in [-0.05, 0) is 54.1 Å². The average molecular weight is 644 g/mol. The molecular formula is C34H33N3O10. The smallest absolute Gasteiger partial charge is 0.280 e. The van der Waals surface area contributed by atoms with Crippen molar-refractivity contribution in [2.24, 2.45) is 0 Å². The Balaban J connectivity index is 0.000000258. The van der Waals surface area contributed by atoms with Crippen molar-refractivity contribution in [3.63, 3.8) is 0 Å². The molecular weight excluding hydrogens is 610 g/mol. The van der Waals surface area contributed by atoms with Gasteiger partial charge in [0, 0.05) is 36.2 Å². The topological polar surface area (TPSA) is 213 Å². The van der Waals surface area contributed by atoms with Crippen LogP contribution in [0.3, 0.4) is 0 Å². The van der Waals surface area contributed by atoms with Gasteiger partial charge in [0.1, 0.15) is 29.4 Å². The Hall–Kier alpha value is -6.37. The standard InChI is InChI=1S/C16H13NO4.C9H9NO4.C9H11NO2/c1-2-16(18)14-10-13(8-9-15(14)17(19)20)21-11-12-6-4-3-5-7-12;1-2-9(12)7-5-6(11)3-4-8(7)10(13)14;1-2-9(12)7-5-6(11)3-4-8(7)10/h2-10H,1,11H2;3-5,11H,2H2,1H3;3-5,11H,2,10H2,1H3. The highest BCUT2D eigenvalue weighted by atomic mass is 16.6. The summed E-state index contributed by atoms with van der Waals surface area (Å²) in [6, 6.07) is 21.4. The van der Waals surface area contributed by atoms with Crippen LogP contribution in [0.4, 0.5) is 17.1 Å². The van der Waals surface area contributed by atoms with Gasteiger partial charge in [-0.3, -0.25) is 34.6 Å². The molecule has 0 saturated carbocycles. The molecule has 4 aromatic rings. The molecule has 13 nitrogen and oxygen atoms in total. The fourth-order valence-electron chi connectivity index (χ4n) is 3.89. The number of ketones is 3. The van der Waals surface area contributed by atoms with Gasteiger partial charge in [-0.25, -0.2) is 0 Å². The lowest BCUT2D eigenvalue weighted by atomic mass is 10.1. The molecule has 244 valence electrons. The molecule has 47 heavy (non-hydrogen) atoms. The summed E-state index contributed by atoms with van der Waals surface area (Å²) in [5, 5.41) is 39.6. The molecule has 0 aromatic heterocycles. The van der Waals surface area contributed by atoms with E-state index in [9.17, 15) is 34.6 Å². The van der Waals surface area contributed by atoms with E-state index in [-0.39, 0.29) is 52.0 Å². The van der Waals surface area contributed by atoms with Crippen molar-refractivity contribution in [2.45, 2.75) is 33.3 Å². The van der Waals surface area contributed by atoms with Crippen molar-refractivity contribution in [2.75, 3.05) is 5.73 Å². The molecule has 0 aliphatic heterocycles. The third-order valence-electron chi connectivity index (χ3n) is 6.32. The first-order valence-electron chi connectivity index (χ1n) is 14.1. The van der Waals surface area contributed by atoms with Gasteiger partial charge in [0.25, 0.3) is 11.4 Å². The predicted molar refractivity (Wildman–Crippen MR) is 175 cm³/mol. The fraction of sp³-hybridized carbons (Fsp3) is 0.147. The molecule has 4 aromatic carbocycles. The fourth-order valence-corrected chi connectivity index (χ4v) is 3.89. The molecule has 0 bridgehead atoms. The molecule has 0 atom stereocenters. The molecule has 0 heterocycles. The lowest BCUT2D eigenvalue weighted by molar-refractivity contribution is -0.385. The molecule has 0 spiro atoms. The molecule has 0 saturated heterocycles. The molecule has 0 fully saturated rings. The van der Waals surface area contributed by atoms with Gasteiger partial charge in [0.05, 0.1) is 15.4 Å². The number of allylic oxidation sites excluding steroid dienone is 1. The number of aromatic hydroxyl groups is 2. The van der Waals surface area contributed by atoms with Gasteiger partial charge < -0.3 is 20.7 Å². The number of phenols is 2. The molecule has 13 heteroatoms. The van der Waals surface area contributed by atoms with Crippen LogP contribution in [0.1, 0.15) is 63.3 Å². The molecule has 0 aliphatic carbocycles. The minimum Gasteiger partial charge on any atom is -0.508 e. The monoisotopic (exact) mass is 643 g/mol. The number of nitrogen functional groups attached to an aromatic ring is 1. The summed E-state index contributed by atoms with van der Waals surface area (Å²) >= 11 is 0. The molecule has 4 rings (SSSR count).